The minimum atomic E-state index is 0.873. The van der Waals surface area contributed by atoms with Crippen molar-refractivity contribution in [3.8, 4) is 20.9 Å². The highest BCUT2D eigenvalue weighted by Gasteiger charge is 2.23. The molecule has 4 nitrogen and oxygen atoms in total. The molecular weight excluding hydrogens is 392 g/mol. The maximum Gasteiger partial charge on any atom is 0.116 e. The molecule has 0 aliphatic rings. The van der Waals surface area contributed by atoms with E-state index in [1.807, 2.05) is 0 Å². The summed E-state index contributed by atoms with van der Waals surface area (Å²) in [5, 5.41) is 4.18. The van der Waals surface area contributed by atoms with Gasteiger partial charge in [-0.2, -0.15) is 8.75 Å². The highest BCUT2D eigenvalue weighted by molar-refractivity contribution is 7.14. The highest BCUT2D eigenvalue weighted by atomic mass is 32.1. The summed E-state index contributed by atoms with van der Waals surface area (Å²) in [5.41, 5.74) is 8.01. The van der Waals surface area contributed by atoms with Crippen LogP contribution >= 0.6 is 34.4 Å². The van der Waals surface area contributed by atoms with E-state index in [0.717, 1.165) is 67.2 Å². The number of hydrogen-bond acceptors (Lipinski definition) is 7. The predicted molar refractivity (Wildman–Crippen MR) is 116 cm³/mol. The number of thiophene rings is 2. The number of fused-ring (bicyclic) bond motifs is 2. The van der Waals surface area contributed by atoms with Gasteiger partial charge >= 0.3 is 0 Å². The standard InChI is InChI=1S/C20H16N4S3/c1-3-11-12(4-2)22-18-16(14-8-6-10-26-14)20-19(23-27-24-20)15(17(18)21-11)13-7-5-9-25-13/h5-10H,3-4H2,1-2H3. The zero-order valence-electron chi connectivity index (χ0n) is 14.9. The van der Waals surface area contributed by atoms with E-state index in [1.165, 1.54) is 11.7 Å². The Balaban J connectivity index is 2.03. The minimum Gasteiger partial charge on any atom is -0.249 e. The van der Waals surface area contributed by atoms with Crippen LogP contribution in [0.3, 0.4) is 0 Å². The number of hydrogen-bond donors (Lipinski definition) is 0. The molecule has 0 atom stereocenters. The van der Waals surface area contributed by atoms with Crippen LogP contribution in [-0.2, 0) is 12.8 Å². The minimum absolute atomic E-state index is 0.873. The van der Waals surface area contributed by atoms with Crippen LogP contribution in [0.25, 0.3) is 42.9 Å². The van der Waals surface area contributed by atoms with Crippen LogP contribution in [0.4, 0.5) is 0 Å². The fourth-order valence-corrected chi connectivity index (χ4v) is 5.57. The number of nitrogens with zero attached hydrogens (tertiary/aromatic N) is 4. The van der Waals surface area contributed by atoms with Crippen molar-refractivity contribution in [3.05, 3.63) is 46.4 Å². The smallest absolute Gasteiger partial charge is 0.116 e. The fourth-order valence-electron chi connectivity index (χ4n) is 3.47. The van der Waals surface area contributed by atoms with Gasteiger partial charge in [0.15, 0.2) is 0 Å². The number of aryl methyl sites for hydroxylation is 2. The van der Waals surface area contributed by atoms with Crippen molar-refractivity contribution in [3.63, 3.8) is 0 Å². The van der Waals surface area contributed by atoms with Gasteiger partial charge in [-0.05, 0) is 35.7 Å². The quantitative estimate of drug-likeness (QED) is 0.354. The summed E-state index contributed by atoms with van der Waals surface area (Å²) in [4.78, 5) is 12.5. The van der Waals surface area contributed by atoms with Crippen LogP contribution in [0.2, 0.25) is 0 Å². The molecule has 5 aromatic rings. The van der Waals surface area contributed by atoms with Gasteiger partial charge in [-0.15, -0.1) is 22.7 Å². The van der Waals surface area contributed by atoms with Crippen molar-refractivity contribution in [1.29, 1.82) is 0 Å². The summed E-state index contributed by atoms with van der Waals surface area (Å²) in [5.74, 6) is 0. The van der Waals surface area contributed by atoms with Crippen LogP contribution in [-0.4, -0.2) is 18.7 Å². The lowest BCUT2D eigenvalue weighted by Crippen LogP contribution is -2.03. The van der Waals surface area contributed by atoms with Crippen molar-refractivity contribution < 1.29 is 0 Å². The molecule has 0 fully saturated rings. The molecule has 0 radical (unpaired) electrons. The normalized spacial score (nSPS) is 11.6. The van der Waals surface area contributed by atoms with Gasteiger partial charge < -0.3 is 0 Å². The molecule has 27 heavy (non-hydrogen) atoms. The van der Waals surface area contributed by atoms with Crippen molar-refractivity contribution >= 4 is 56.5 Å². The third-order valence-corrected chi connectivity index (χ3v) is 6.99. The van der Waals surface area contributed by atoms with Gasteiger partial charge in [-0.1, -0.05) is 26.0 Å². The molecule has 0 saturated heterocycles. The third kappa shape index (κ3) is 2.61. The Bertz CT molecular complexity index is 1140. The van der Waals surface area contributed by atoms with E-state index in [2.05, 4.69) is 57.6 Å². The summed E-state index contributed by atoms with van der Waals surface area (Å²) in [7, 11) is 0. The zero-order chi connectivity index (χ0) is 18.4. The SMILES string of the molecule is CCc1nc2c(-c3cccs3)c3nsnc3c(-c3cccs3)c2nc1CC. The predicted octanol–water partition coefficient (Wildman–Crippen LogP) is 6.22. The molecular formula is C20H16N4S3. The zero-order valence-corrected chi connectivity index (χ0v) is 17.3. The molecule has 5 rings (SSSR count). The monoisotopic (exact) mass is 408 g/mol. The second-order valence-corrected chi connectivity index (χ2v) is 8.61. The lowest BCUT2D eigenvalue weighted by molar-refractivity contribution is 0.931. The van der Waals surface area contributed by atoms with Crippen LogP contribution in [0.15, 0.2) is 35.0 Å². The molecule has 4 heterocycles. The van der Waals surface area contributed by atoms with Gasteiger partial charge in [-0.3, -0.25) is 0 Å². The number of rotatable bonds is 4. The summed E-state index contributed by atoms with van der Waals surface area (Å²) in [6.07, 6.45) is 1.75. The Morgan fingerprint density at radius 1 is 0.704 bits per heavy atom. The lowest BCUT2D eigenvalue weighted by atomic mass is 10.0. The first-order valence-corrected chi connectivity index (χ1v) is 11.4. The first kappa shape index (κ1) is 16.9. The van der Waals surface area contributed by atoms with Gasteiger partial charge in [0.1, 0.15) is 22.1 Å². The average Bonchev–Trinajstić information content (AvgIpc) is 3.47. The lowest BCUT2D eigenvalue weighted by Gasteiger charge is -2.13. The molecule has 134 valence electrons. The van der Waals surface area contributed by atoms with Crippen molar-refractivity contribution in [2.75, 3.05) is 0 Å². The van der Waals surface area contributed by atoms with E-state index in [-0.39, 0.29) is 0 Å². The second kappa shape index (κ2) is 6.74. The average molecular weight is 409 g/mol. The molecule has 0 aliphatic heterocycles. The molecule has 1 aromatic carbocycles. The highest BCUT2D eigenvalue weighted by Crippen LogP contribution is 2.43. The summed E-state index contributed by atoms with van der Waals surface area (Å²) >= 11 is 4.68. The first-order chi connectivity index (χ1) is 13.3. The molecule has 0 N–H and O–H groups in total. The number of benzene rings is 1. The topological polar surface area (TPSA) is 51.6 Å². The van der Waals surface area contributed by atoms with Crippen LogP contribution in [0.1, 0.15) is 25.2 Å². The van der Waals surface area contributed by atoms with Crippen LogP contribution in [0.5, 0.6) is 0 Å². The van der Waals surface area contributed by atoms with E-state index >= 15 is 0 Å². The van der Waals surface area contributed by atoms with Gasteiger partial charge in [0.25, 0.3) is 0 Å². The van der Waals surface area contributed by atoms with E-state index < -0.39 is 0 Å². The molecule has 0 unspecified atom stereocenters. The van der Waals surface area contributed by atoms with E-state index in [1.54, 1.807) is 22.7 Å². The fraction of sp³-hybridized carbons (Fsp3) is 0.200. The molecule has 7 heteroatoms. The Hall–Kier alpha value is -2.22. The summed E-state index contributed by atoms with van der Waals surface area (Å²) < 4.78 is 9.33. The van der Waals surface area contributed by atoms with Crippen LogP contribution < -0.4 is 0 Å². The molecule has 0 bridgehead atoms. The van der Waals surface area contributed by atoms with Crippen molar-refractivity contribution in [2.45, 2.75) is 26.7 Å². The molecule has 0 aliphatic carbocycles. The molecule has 0 saturated carbocycles. The maximum atomic E-state index is 5.11. The summed E-state index contributed by atoms with van der Waals surface area (Å²) in [6.45, 7) is 4.28. The Morgan fingerprint density at radius 3 is 1.56 bits per heavy atom. The Kier molecular flexibility index (Phi) is 4.22. The molecule has 0 amide bonds. The Labute approximate surface area is 168 Å². The third-order valence-electron chi connectivity index (χ3n) is 4.69. The van der Waals surface area contributed by atoms with Gasteiger partial charge in [-0.25, -0.2) is 9.97 Å². The summed E-state index contributed by atoms with van der Waals surface area (Å²) in [6, 6.07) is 8.40. The van der Waals surface area contributed by atoms with Gasteiger partial charge in [0.05, 0.1) is 23.1 Å². The maximum absolute atomic E-state index is 5.11. The Morgan fingerprint density at radius 2 is 1.19 bits per heavy atom. The van der Waals surface area contributed by atoms with Gasteiger partial charge in [0.2, 0.25) is 0 Å². The van der Waals surface area contributed by atoms with Crippen molar-refractivity contribution in [1.82, 2.24) is 18.7 Å². The van der Waals surface area contributed by atoms with E-state index in [0.29, 0.717) is 0 Å². The molecule has 0 spiro atoms. The van der Waals surface area contributed by atoms with E-state index in [4.69, 9.17) is 9.97 Å². The second-order valence-electron chi connectivity index (χ2n) is 6.19. The largest absolute Gasteiger partial charge is 0.249 e. The van der Waals surface area contributed by atoms with Gasteiger partial charge in [0, 0.05) is 20.9 Å². The van der Waals surface area contributed by atoms with Crippen molar-refractivity contribution in [2.24, 2.45) is 0 Å². The van der Waals surface area contributed by atoms with Crippen LogP contribution in [0, 0.1) is 0 Å². The van der Waals surface area contributed by atoms with E-state index in [9.17, 15) is 0 Å². The number of aromatic nitrogens is 4. The first-order valence-electron chi connectivity index (χ1n) is 8.87. The molecule has 4 aromatic heterocycles.